The first-order valence-corrected chi connectivity index (χ1v) is 9.49. The van der Waals surface area contributed by atoms with E-state index in [1.165, 1.54) is 6.08 Å². The van der Waals surface area contributed by atoms with Crippen molar-refractivity contribution in [3.05, 3.63) is 65.1 Å². The van der Waals surface area contributed by atoms with Gasteiger partial charge in [0.05, 0.1) is 12.0 Å². The Labute approximate surface area is 169 Å². The van der Waals surface area contributed by atoms with Gasteiger partial charge in [-0.25, -0.2) is 4.98 Å². The fourth-order valence-electron chi connectivity index (χ4n) is 3.50. The van der Waals surface area contributed by atoms with Crippen LogP contribution in [0.25, 0.3) is 17.0 Å². The molecule has 2 amide bonds. The van der Waals surface area contributed by atoms with Crippen molar-refractivity contribution in [2.24, 2.45) is 0 Å². The molecule has 148 valence electrons. The number of furan rings is 1. The molecular formula is C23H23N3O3. The second kappa shape index (κ2) is 6.88. The molecule has 2 aromatic heterocycles. The highest BCUT2D eigenvalue weighted by atomic mass is 16.3. The normalized spacial score (nSPS) is 15.0. The summed E-state index contributed by atoms with van der Waals surface area (Å²) in [6.07, 6.45) is 4.88. The number of rotatable bonds is 4. The van der Waals surface area contributed by atoms with Gasteiger partial charge in [-0.15, -0.1) is 0 Å². The van der Waals surface area contributed by atoms with Crippen LogP contribution < -0.4 is 5.32 Å². The van der Waals surface area contributed by atoms with E-state index in [1.807, 2.05) is 51.1 Å². The average molecular weight is 389 g/mol. The van der Waals surface area contributed by atoms with Crippen LogP contribution in [0.1, 0.15) is 36.3 Å². The number of pyridine rings is 1. The molecule has 0 radical (unpaired) electrons. The van der Waals surface area contributed by atoms with E-state index in [0.717, 1.165) is 33.4 Å². The van der Waals surface area contributed by atoms with E-state index in [2.05, 4.69) is 10.3 Å². The van der Waals surface area contributed by atoms with Crippen LogP contribution in [-0.2, 0) is 21.5 Å². The highest BCUT2D eigenvalue weighted by Gasteiger charge is 2.39. The number of carbonyl (C=O) groups excluding carboxylic acids is 2. The summed E-state index contributed by atoms with van der Waals surface area (Å²) in [7, 11) is 1.74. The van der Waals surface area contributed by atoms with E-state index in [1.54, 1.807) is 24.2 Å². The van der Waals surface area contributed by atoms with Gasteiger partial charge < -0.3 is 14.6 Å². The minimum Gasteiger partial charge on any atom is -0.459 e. The fraction of sp³-hybridized carbons (Fsp3) is 0.261. The van der Waals surface area contributed by atoms with Gasteiger partial charge in [0.25, 0.3) is 0 Å². The van der Waals surface area contributed by atoms with Gasteiger partial charge in [-0.05, 0) is 44.5 Å². The second-order valence-electron chi connectivity index (χ2n) is 7.92. The standard InChI is InChI=1S/C23H23N3O3/c1-14-16-7-5-6-8-18(16)29-19(14)13-26(4)20(27)10-9-15-11-17-21(24-12-15)25-22(28)23(17,2)3/h5-12H,13H2,1-4H3,(H,24,25,28)/b10-9+. The van der Waals surface area contributed by atoms with Crippen molar-refractivity contribution in [3.63, 3.8) is 0 Å². The molecule has 0 unspecified atom stereocenters. The summed E-state index contributed by atoms with van der Waals surface area (Å²) in [4.78, 5) is 30.5. The molecule has 1 aliphatic rings. The SMILES string of the molecule is Cc1c(CN(C)C(=O)/C=C/c2cnc3c(c2)C(C)(C)C(=O)N3)oc2ccccc12. The summed E-state index contributed by atoms with van der Waals surface area (Å²) in [6.45, 7) is 6.11. The smallest absolute Gasteiger partial charge is 0.246 e. The number of benzene rings is 1. The van der Waals surface area contributed by atoms with Crippen molar-refractivity contribution in [2.45, 2.75) is 32.7 Å². The molecule has 1 aromatic carbocycles. The first-order chi connectivity index (χ1) is 13.8. The topological polar surface area (TPSA) is 75.4 Å². The van der Waals surface area contributed by atoms with Crippen LogP contribution >= 0.6 is 0 Å². The predicted molar refractivity (Wildman–Crippen MR) is 112 cm³/mol. The predicted octanol–water partition coefficient (Wildman–Crippen LogP) is 4.04. The number of para-hydroxylation sites is 1. The lowest BCUT2D eigenvalue weighted by atomic mass is 9.86. The van der Waals surface area contributed by atoms with Gasteiger partial charge in [0.2, 0.25) is 11.8 Å². The average Bonchev–Trinajstić information content (AvgIpc) is 3.13. The maximum Gasteiger partial charge on any atom is 0.246 e. The Bertz CT molecular complexity index is 1160. The molecule has 4 rings (SSSR count). The number of fused-ring (bicyclic) bond motifs is 2. The summed E-state index contributed by atoms with van der Waals surface area (Å²) in [5.74, 6) is 1.15. The van der Waals surface area contributed by atoms with Crippen molar-refractivity contribution in [1.82, 2.24) is 9.88 Å². The van der Waals surface area contributed by atoms with Crippen LogP contribution in [0.3, 0.4) is 0 Å². The Kier molecular flexibility index (Phi) is 4.49. The number of amides is 2. The van der Waals surface area contributed by atoms with Gasteiger partial charge in [0.15, 0.2) is 0 Å². The molecule has 1 aliphatic heterocycles. The van der Waals surface area contributed by atoms with Crippen molar-refractivity contribution in [3.8, 4) is 0 Å². The van der Waals surface area contributed by atoms with Crippen molar-refractivity contribution < 1.29 is 14.0 Å². The number of nitrogens with zero attached hydrogens (tertiary/aromatic N) is 2. The van der Waals surface area contributed by atoms with E-state index in [0.29, 0.717) is 12.4 Å². The highest BCUT2D eigenvalue weighted by Crippen LogP contribution is 2.36. The molecule has 0 atom stereocenters. The fourth-order valence-corrected chi connectivity index (χ4v) is 3.50. The van der Waals surface area contributed by atoms with Gasteiger partial charge in [0, 0.05) is 35.8 Å². The lowest BCUT2D eigenvalue weighted by Crippen LogP contribution is -2.26. The lowest BCUT2D eigenvalue weighted by Gasteiger charge is -2.15. The Morgan fingerprint density at radius 3 is 2.83 bits per heavy atom. The van der Waals surface area contributed by atoms with Crippen molar-refractivity contribution >= 4 is 34.7 Å². The maximum absolute atomic E-state index is 12.6. The third-order valence-electron chi connectivity index (χ3n) is 5.50. The Balaban J connectivity index is 1.49. The number of hydrogen-bond donors (Lipinski definition) is 1. The molecule has 0 spiro atoms. The molecular weight excluding hydrogens is 366 g/mol. The molecule has 1 N–H and O–H groups in total. The second-order valence-corrected chi connectivity index (χ2v) is 7.92. The molecule has 3 aromatic rings. The van der Waals surface area contributed by atoms with Crippen LogP contribution in [0.2, 0.25) is 0 Å². The molecule has 0 aliphatic carbocycles. The lowest BCUT2D eigenvalue weighted by molar-refractivity contribution is -0.125. The first kappa shape index (κ1) is 18.9. The highest BCUT2D eigenvalue weighted by molar-refractivity contribution is 6.04. The molecule has 6 nitrogen and oxygen atoms in total. The quantitative estimate of drug-likeness (QED) is 0.684. The number of aromatic nitrogens is 1. The number of anilines is 1. The van der Waals surface area contributed by atoms with E-state index in [9.17, 15) is 9.59 Å². The zero-order valence-corrected chi connectivity index (χ0v) is 16.9. The van der Waals surface area contributed by atoms with Crippen LogP contribution in [0.5, 0.6) is 0 Å². The minimum atomic E-state index is -0.633. The maximum atomic E-state index is 12.6. The largest absolute Gasteiger partial charge is 0.459 e. The van der Waals surface area contributed by atoms with Gasteiger partial charge in [-0.3, -0.25) is 9.59 Å². The zero-order valence-electron chi connectivity index (χ0n) is 16.9. The number of nitrogens with one attached hydrogen (secondary N) is 1. The zero-order chi connectivity index (χ0) is 20.8. The first-order valence-electron chi connectivity index (χ1n) is 9.49. The third kappa shape index (κ3) is 3.31. The van der Waals surface area contributed by atoms with Gasteiger partial charge in [-0.2, -0.15) is 0 Å². The van der Waals surface area contributed by atoms with Crippen LogP contribution in [0, 0.1) is 6.92 Å². The summed E-state index contributed by atoms with van der Waals surface area (Å²) in [5, 5.41) is 3.85. The molecule has 3 heterocycles. The number of likely N-dealkylation sites (N-methyl/N-ethyl adjacent to an activating group) is 1. The van der Waals surface area contributed by atoms with Gasteiger partial charge in [-0.1, -0.05) is 18.2 Å². The minimum absolute atomic E-state index is 0.0712. The summed E-state index contributed by atoms with van der Waals surface area (Å²) < 4.78 is 5.90. The molecule has 0 saturated heterocycles. The Morgan fingerprint density at radius 1 is 1.31 bits per heavy atom. The molecule has 29 heavy (non-hydrogen) atoms. The van der Waals surface area contributed by atoms with Gasteiger partial charge >= 0.3 is 0 Å². The molecule has 0 fully saturated rings. The molecule has 6 heteroatoms. The Morgan fingerprint density at radius 2 is 2.07 bits per heavy atom. The molecule has 0 bridgehead atoms. The van der Waals surface area contributed by atoms with Crippen LogP contribution in [-0.4, -0.2) is 28.7 Å². The van der Waals surface area contributed by atoms with Crippen LogP contribution in [0.4, 0.5) is 5.82 Å². The Hall–Kier alpha value is -3.41. The third-order valence-corrected chi connectivity index (χ3v) is 5.50. The van der Waals surface area contributed by atoms with Crippen molar-refractivity contribution in [1.29, 1.82) is 0 Å². The summed E-state index contributed by atoms with van der Waals surface area (Å²) in [5.41, 5.74) is 2.85. The number of hydrogen-bond acceptors (Lipinski definition) is 4. The van der Waals surface area contributed by atoms with Crippen LogP contribution in [0.15, 0.2) is 47.0 Å². The van der Waals surface area contributed by atoms with E-state index < -0.39 is 5.41 Å². The number of carbonyl (C=O) groups is 2. The van der Waals surface area contributed by atoms with E-state index >= 15 is 0 Å². The summed E-state index contributed by atoms with van der Waals surface area (Å²) in [6, 6.07) is 9.74. The monoisotopic (exact) mass is 389 g/mol. The molecule has 0 saturated carbocycles. The van der Waals surface area contributed by atoms with Gasteiger partial charge in [0.1, 0.15) is 17.2 Å². The van der Waals surface area contributed by atoms with E-state index in [4.69, 9.17) is 4.42 Å². The van der Waals surface area contributed by atoms with E-state index in [-0.39, 0.29) is 11.8 Å². The number of aryl methyl sites for hydroxylation is 1. The summed E-state index contributed by atoms with van der Waals surface area (Å²) >= 11 is 0. The van der Waals surface area contributed by atoms with Crippen molar-refractivity contribution in [2.75, 3.05) is 12.4 Å².